The molecule has 0 aromatic carbocycles. The van der Waals surface area contributed by atoms with E-state index < -0.39 is 47.2 Å². The summed E-state index contributed by atoms with van der Waals surface area (Å²) >= 11 is 0. The molecule has 0 fully saturated rings. The maximum absolute atomic E-state index is 13.3. The van der Waals surface area contributed by atoms with Crippen molar-refractivity contribution < 1.29 is 34.9 Å². The van der Waals surface area contributed by atoms with Gasteiger partial charge in [-0.05, 0) is 26.9 Å². The minimum absolute atomic E-state index is 0.198. The first-order valence-corrected chi connectivity index (χ1v) is 8.87. The molecule has 0 saturated heterocycles. The zero-order valence-electron chi connectivity index (χ0n) is 13.3. The molecule has 0 saturated carbocycles. The molecule has 0 radical (unpaired) electrons. The number of rotatable bonds is 11. The zero-order valence-corrected chi connectivity index (χ0v) is 14.1. The Hall–Kier alpha value is -0.480. The fourth-order valence-corrected chi connectivity index (χ4v) is 2.22. The maximum atomic E-state index is 13.3. The van der Waals surface area contributed by atoms with Crippen molar-refractivity contribution >= 4 is 10.1 Å². The summed E-state index contributed by atoms with van der Waals surface area (Å²) in [7, 11) is -1.04. The number of alkyl halides is 5. The van der Waals surface area contributed by atoms with Gasteiger partial charge in [0, 0.05) is 0 Å². The van der Waals surface area contributed by atoms with Crippen molar-refractivity contribution in [3.8, 4) is 0 Å². The second kappa shape index (κ2) is 13.9. The zero-order chi connectivity index (χ0) is 18.5. The Morgan fingerprint density at radius 1 is 0.913 bits per heavy atom. The van der Waals surface area contributed by atoms with Crippen LogP contribution in [0.3, 0.4) is 0 Å². The van der Waals surface area contributed by atoms with Crippen LogP contribution >= 0.6 is 0 Å². The monoisotopic (exact) mass is 371 g/mol. The summed E-state index contributed by atoms with van der Waals surface area (Å²) in [5, 5.41) is 2.75. The minimum atomic E-state index is -4.79. The van der Waals surface area contributed by atoms with Crippen LogP contribution in [0.25, 0.3) is 0 Å². The number of unbranched alkanes of at least 4 members (excludes halogenated alkanes) is 3. The van der Waals surface area contributed by atoms with E-state index >= 15 is 0 Å². The average Bonchev–Trinajstić information content (AvgIpc) is 2.44. The molecule has 0 aliphatic heterocycles. The van der Waals surface area contributed by atoms with Crippen LogP contribution in [0.1, 0.15) is 32.1 Å². The molecule has 0 spiro atoms. The second-order valence-electron chi connectivity index (χ2n) is 5.06. The van der Waals surface area contributed by atoms with E-state index in [-0.39, 0.29) is 12.8 Å². The summed E-state index contributed by atoms with van der Waals surface area (Å²) in [5.74, 6) is -1.61. The first kappa shape index (κ1) is 24.8. The topological polar surface area (TPSA) is 66.4 Å². The average molecular weight is 371 g/mol. The molecule has 0 aromatic rings. The minimum Gasteiger partial charge on any atom is -0.323 e. The Morgan fingerprint density at radius 3 is 1.78 bits per heavy atom. The van der Waals surface area contributed by atoms with Crippen LogP contribution in [-0.4, -0.2) is 64.2 Å². The standard InChI is InChI=1S/C11H19F5O3S.C2H7N/c12-6-4-2-1-3-5-8(13)10(15)11(16)9(14)7-20(17,18)19;1-3-2/h8-11H,1-7H2,(H,17,18,19);3H,1-2H3. The van der Waals surface area contributed by atoms with Crippen LogP contribution in [0.2, 0.25) is 0 Å². The third-order valence-electron chi connectivity index (χ3n) is 2.73. The van der Waals surface area contributed by atoms with Gasteiger partial charge in [0.05, 0.1) is 6.67 Å². The molecule has 0 aromatic heterocycles. The molecule has 10 heteroatoms. The van der Waals surface area contributed by atoms with E-state index in [0.717, 1.165) is 0 Å². The smallest absolute Gasteiger partial charge is 0.267 e. The van der Waals surface area contributed by atoms with Crippen LogP contribution in [0.15, 0.2) is 0 Å². The van der Waals surface area contributed by atoms with E-state index in [9.17, 15) is 30.4 Å². The van der Waals surface area contributed by atoms with Gasteiger partial charge in [0.15, 0.2) is 18.5 Å². The summed E-state index contributed by atoms with van der Waals surface area (Å²) in [5.41, 5.74) is 0. The van der Waals surface area contributed by atoms with Gasteiger partial charge >= 0.3 is 0 Å². The molecule has 0 heterocycles. The predicted molar refractivity (Wildman–Crippen MR) is 80.0 cm³/mol. The van der Waals surface area contributed by atoms with Crippen LogP contribution in [0, 0.1) is 0 Å². The molecule has 0 aliphatic carbocycles. The molecule has 4 unspecified atom stereocenters. The molecule has 142 valence electrons. The Labute approximate surface area is 134 Å². The highest BCUT2D eigenvalue weighted by Crippen LogP contribution is 2.22. The van der Waals surface area contributed by atoms with Gasteiger partial charge < -0.3 is 5.32 Å². The molecule has 0 aliphatic rings. The van der Waals surface area contributed by atoms with E-state index in [1.165, 1.54) is 0 Å². The summed E-state index contributed by atoms with van der Waals surface area (Å²) < 4.78 is 93.4. The van der Waals surface area contributed by atoms with E-state index in [2.05, 4.69) is 5.32 Å². The summed E-state index contributed by atoms with van der Waals surface area (Å²) in [4.78, 5) is 0. The maximum Gasteiger partial charge on any atom is 0.267 e. The van der Waals surface area contributed by atoms with E-state index in [1.54, 1.807) is 0 Å². The third-order valence-corrected chi connectivity index (χ3v) is 3.47. The van der Waals surface area contributed by atoms with Crippen LogP contribution in [0.5, 0.6) is 0 Å². The van der Waals surface area contributed by atoms with Gasteiger partial charge in [-0.1, -0.05) is 19.3 Å². The first-order chi connectivity index (χ1) is 10.6. The van der Waals surface area contributed by atoms with Gasteiger partial charge in [-0.25, -0.2) is 17.6 Å². The Kier molecular flexibility index (Phi) is 15.0. The van der Waals surface area contributed by atoms with Gasteiger partial charge in [-0.15, -0.1) is 0 Å². The lowest BCUT2D eigenvalue weighted by Crippen LogP contribution is -2.38. The van der Waals surface area contributed by atoms with E-state index in [1.807, 2.05) is 14.1 Å². The van der Waals surface area contributed by atoms with Crippen LogP contribution in [0.4, 0.5) is 22.0 Å². The number of nitrogens with one attached hydrogen (secondary N) is 1. The van der Waals surface area contributed by atoms with Crippen molar-refractivity contribution in [2.24, 2.45) is 0 Å². The van der Waals surface area contributed by atoms with Gasteiger partial charge in [-0.2, -0.15) is 8.42 Å². The van der Waals surface area contributed by atoms with Crippen LogP contribution in [-0.2, 0) is 10.1 Å². The van der Waals surface area contributed by atoms with Crippen molar-refractivity contribution in [1.82, 2.24) is 5.32 Å². The fourth-order valence-electron chi connectivity index (χ4n) is 1.64. The first-order valence-electron chi connectivity index (χ1n) is 7.26. The normalized spacial score (nSPS) is 16.9. The SMILES string of the molecule is CNC.O=S(=O)(O)CC(F)C(F)C(F)C(F)CCCCCCF. The van der Waals surface area contributed by atoms with Crippen molar-refractivity contribution in [1.29, 1.82) is 0 Å². The molecular formula is C13H26F5NO3S. The Bertz CT molecular complexity index is 373. The second-order valence-corrected chi connectivity index (χ2v) is 6.56. The lowest BCUT2D eigenvalue weighted by Gasteiger charge is -2.19. The molecule has 2 N–H and O–H groups in total. The highest BCUT2D eigenvalue weighted by atomic mass is 32.2. The van der Waals surface area contributed by atoms with E-state index in [4.69, 9.17) is 4.55 Å². The summed E-state index contributed by atoms with van der Waals surface area (Å²) in [6, 6.07) is 0. The van der Waals surface area contributed by atoms with Crippen molar-refractivity contribution in [3.63, 3.8) is 0 Å². The summed E-state index contributed by atoms with van der Waals surface area (Å²) in [6.45, 7) is -0.503. The highest BCUT2D eigenvalue weighted by Gasteiger charge is 2.37. The van der Waals surface area contributed by atoms with Gasteiger partial charge in [-0.3, -0.25) is 8.94 Å². The number of halogens is 5. The van der Waals surface area contributed by atoms with Gasteiger partial charge in [0.1, 0.15) is 11.9 Å². The molecular weight excluding hydrogens is 345 g/mol. The molecule has 0 rings (SSSR count). The van der Waals surface area contributed by atoms with Gasteiger partial charge in [0.2, 0.25) is 0 Å². The van der Waals surface area contributed by atoms with Gasteiger partial charge in [0.25, 0.3) is 10.1 Å². The molecule has 0 amide bonds. The molecule has 4 nitrogen and oxygen atoms in total. The van der Waals surface area contributed by atoms with Crippen molar-refractivity contribution in [2.75, 3.05) is 26.5 Å². The largest absolute Gasteiger partial charge is 0.323 e. The Balaban J connectivity index is 0. The highest BCUT2D eigenvalue weighted by molar-refractivity contribution is 7.85. The molecule has 4 atom stereocenters. The molecule has 0 bridgehead atoms. The van der Waals surface area contributed by atoms with Crippen LogP contribution < -0.4 is 5.32 Å². The third kappa shape index (κ3) is 14.8. The quantitative estimate of drug-likeness (QED) is 0.333. The predicted octanol–water partition coefficient (Wildman–Crippen LogP) is 2.98. The Morgan fingerprint density at radius 2 is 1.35 bits per heavy atom. The van der Waals surface area contributed by atoms with Crippen molar-refractivity contribution in [3.05, 3.63) is 0 Å². The fraction of sp³-hybridized carbons (Fsp3) is 1.00. The van der Waals surface area contributed by atoms with Crippen molar-refractivity contribution in [2.45, 2.75) is 56.8 Å². The number of hydrogen-bond donors (Lipinski definition) is 2. The molecule has 23 heavy (non-hydrogen) atoms. The lowest BCUT2D eigenvalue weighted by atomic mass is 10.0. The number of hydrogen-bond acceptors (Lipinski definition) is 3. The lowest BCUT2D eigenvalue weighted by molar-refractivity contribution is 0.0354. The summed E-state index contributed by atoms with van der Waals surface area (Å²) in [6.07, 6.45) is -9.77. The van der Waals surface area contributed by atoms with E-state index in [0.29, 0.717) is 19.3 Å².